The minimum atomic E-state index is -0.206. The van der Waals surface area contributed by atoms with E-state index in [2.05, 4.69) is 20.4 Å². The summed E-state index contributed by atoms with van der Waals surface area (Å²) < 4.78 is 5.34. The van der Waals surface area contributed by atoms with Crippen molar-refractivity contribution in [3.63, 3.8) is 0 Å². The van der Waals surface area contributed by atoms with Gasteiger partial charge in [-0.2, -0.15) is 0 Å². The smallest absolute Gasteiger partial charge is 0.259 e. The molecular weight excluding hydrogens is 340 g/mol. The van der Waals surface area contributed by atoms with E-state index in [1.807, 2.05) is 49.4 Å². The van der Waals surface area contributed by atoms with E-state index in [9.17, 15) is 4.79 Å². The fourth-order valence-electron chi connectivity index (χ4n) is 3.02. The highest BCUT2D eigenvalue weighted by molar-refractivity contribution is 6.07. The van der Waals surface area contributed by atoms with E-state index in [1.54, 1.807) is 25.4 Å². The van der Waals surface area contributed by atoms with Crippen molar-refractivity contribution in [2.24, 2.45) is 0 Å². The van der Waals surface area contributed by atoms with Gasteiger partial charge in [0.1, 0.15) is 0 Å². The summed E-state index contributed by atoms with van der Waals surface area (Å²) in [6.07, 6.45) is 3.45. The minimum absolute atomic E-state index is 0.185. The van der Waals surface area contributed by atoms with Crippen LogP contribution in [0.1, 0.15) is 34.6 Å². The van der Waals surface area contributed by atoms with E-state index in [1.165, 1.54) is 0 Å². The summed E-state index contributed by atoms with van der Waals surface area (Å²) in [6, 6.07) is 15.1. The monoisotopic (exact) mass is 358 g/mol. The molecule has 1 aromatic carbocycles. The molecule has 1 unspecified atom stereocenters. The number of carbonyl (C=O) groups is 1. The van der Waals surface area contributed by atoms with Crippen molar-refractivity contribution in [3.8, 4) is 11.3 Å². The Morgan fingerprint density at radius 3 is 2.70 bits per heavy atom. The molecule has 1 N–H and O–H groups in total. The lowest BCUT2D eigenvalue weighted by Gasteiger charge is -2.14. The van der Waals surface area contributed by atoms with Crippen LogP contribution in [0, 0.1) is 6.92 Å². The van der Waals surface area contributed by atoms with Crippen LogP contribution in [-0.4, -0.2) is 21.0 Å². The van der Waals surface area contributed by atoms with Gasteiger partial charge in [0.15, 0.2) is 0 Å². The first-order valence-corrected chi connectivity index (χ1v) is 8.66. The van der Waals surface area contributed by atoms with E-state index < -0.39 is 0 Å². The highest BCUT2D eigenvalue weighted by Gasteiger charge is 2.20. The summed E-state index contributed by atoms with van der Waals surface area (Å²) in [7, 11) is 0. The van der Waals surface area contributed by atoms with Crippen LogP contribution in [0.2, 0.25) is 0 Å². The van der Waals surface area contributed by atoms with Gasteiger partial charge >= 0.3 is 0 Å². The maximum atomic E-state index is 13.0. The van der Waals surface area contributed by atoms with Crippen molar-refractivity contribution in [2.45, 2.75) is 19.9 Å². The van der Waals surface area contributed by atoms with Crippen LogP contribution in [-0.2, 0) is 0 Å². The number of hydrogen-bond donors (Lipinski definition) is 1. The highest BCUT2D eigenvalue weighted by Crippen LogP contribution is 2.27. The van der Waals surface area contributed by atoms with E-state index >= 15 is 0 Å². The van der Waals surface area contributed by atoms with Crippen LogP contribution in [0.4, 0.5) is 0 Å². The summed E-state index contributed by atoms with van der Waals surface area (Å²) in [5.74, 6) is -0.206. The Labute approximate surface area is 156 Å². The number of rotatable bonds is 4. The molecule has 4 aromatic rings. The maximum absolute atomic E-state index is 13.0. The molecule has 1 atom stereocenters. The Morgan fingerprint density at radius 2 is 1.96 bits per heavy atom. The van der Waals surface area contributed by atoms with Crippen molar-refractivity contribution in [3.05, 3.63) is 77.7 Å². The molecule has 27 heavy (non-hydrogen) atoms. The zero-order chi connectivity index (χ0) is 18.8. The molecule has 0 bridgehead atoms. The second-order valence-electron chi connectivity index (χ2n) is 6.35. The molecule has 6 heteroatoms. The molecule has 1 amide bonds. The number of carbonyl (C=O) groups excluding carboxylic acids is 1. The topological polar surface area (TPSA) is 80.9 Å². The Hall–Kier alpha value is -3.54. The number of fused-ring (bicyclic) bond motifs is 1. The summed E-state index contributed by atoms with van der Waals surface area (Å²) in [6.45, 7) is 3.73. The summed E-state index contributed by atoms with van der Waals surface area (Å²) in [5, 5.41) is 7.64. The van der Waals surface area contributed by atoms with Crippen molar-refractivity contribution >= 4 is 17.0 Å². The van der Waals surface area contributed by atoms with E-state index in [4.69, 9.17) is 4.52 Å². The first kappa shape index (κ1) is 16.9. The summed E-state index contributed by atoms with van der Waals surface area (Å²) in [5.41, 5.74) is 3.99. The molecule has 6 nitrogen and oxygen atoms in total. The lowest BCUT2D eigenvalue weighted by Crippen LogP contribution is -2.27. The van der Waals surface area contributed by atoms with Gasteiger partial charge in [0, 0.05) is 18.0 Å². The number of nitrogens with zero attached hydrogens (tertiary/aromatic N) is 3. The van der Waals surface area contributed by atoms with Crippen molar-refractivity contribution in [1.29, 1.82) is 0 Å². The molecular formula is C21H18N4O2. The van der Waals surface area contributed by atoms with Gasteiger partial charge in [-0.25, -0.2) is 4.98 Å². The molecule has 0 saturated heterocycles. The normalized spacial score (nSPS) is 12.1. The van der Waals surface area contributed by atoms with Gasteiger partial charge in [-0.1, -0.05) is 41.6 Å². The van der Waals surface area contributed by atoms with Gasteiger partial charge in [0.2, 0.25) is 0 Å². The molecule has 0 radical (unpaired) electrons. The molecule has 0 spiro atoms. The fraction of sp³-hybridized carbons (Fsp3) is 0.143. The van der Waals surface area contributed by atoms with E-state index in [0.29, 0.717) is 28.1 Å². The Balaban J connectivity index is 1.75. The Morgan fingerprint density at radius 1 is 1.15 bits per heavy atom. The molecule has 3 heterocycles. The van der Waals surface area contributed by atoms with Crippen LogP contribution < -0.4 is 5.32 Å². The molecule has 4 rings (SSSR count). The molecule has 0 aliphatic carbocycles. The third-order valence-corrected chi connectivity index (χ3v) is 4.46. The maximum Gasteiger partial charge on any atom is 0.259 e. The average Bonchev–Trinajstić information content (AvgIpc) is 3.09. The van der Waals surface area contributed by atoms with Crippen LogP contribution in [0.5, 0.6) is 0 Å². The number of nitrogens with one attached hydrogen (secondary N) is 1. The lowest BCUT2D eigenvalue weighted by molar-refractivity contribution is 0.0941. The quantitative estimate of drug-likeness (QED) is 0.594. The molecule has 0 aliphatic rings. The molecule has 0 fully saturated rings. The zero-order valence-electron chi connectivity index (χ0n) is 15.0. The summed E-state index contributed by atoms with van der Waals surface area (Å²) >= 11 is 0. The number of hydrogen-bond acceptors (Lipinski definition) is 5. The molecule has 134 valence electrons. The zero-order valence-corrected chi connectivity index (χ0v) is 15.0. The van der Waals surface area contributed by atoms with Gasteiger partial charge in [0.05, 0.1) is 28.4 Å². The van der Waals surface area contributed by atoms with Crippen molar-refractivity contribution in [1.82, 2.24) is 20.4 Å². The number of aromatic nitrogens is 3. The third-order valence-electron chi connectivity index (χ3n) is 4.46. The van der Waals surface area contributed by atoms with Crippen molar-refractivity contribution < 1.29 is 9.32 Å². The van der Waals surface area contributed by atoms with Gasteiger partial charge in [-0.05, 0) is 31.5 Å². The Bertz CT molecular complexity index is 1090. The van der Waals surface area contributed by atoms with Crippen LogP contribution in [0.3, 0.4) is 0 Å². The third kappa shape index (κ3) is 3.29. The fourth-order valence-corrected chi connectivity index (χ4v) is 3.02. The standard InChI is InChI=1S/C21H18N4O2/c1-13(16-9-6-10-22-12-16)23-20(26)17-11-18(15-7-4-3-5-8-15)24-21-19(17)14(2)25-27-21/h3-13H,1-2H3,(H,23,26). The molecule has 3 aromatic heterocycles. The number of benzene rings is 1. The number of aryl methyl sites for hydroxylation is 1. The number of amides is 1. The van der Waals surface area contributed by atoms with E-state index in [0.717, 1.165) is 11.1 Å². The lowest BCUT2D eigenvalue weighted by atomic mass is 10.0. The van der Waals surface area contributed by atoms with E-state index in [-0.39, 0.29) is 11.9 Å². The number of pyridine rings is 2. The van der Waals surface area contributed by atoms with Gasteiger partial charge in [0.25, 0.3) is 11.6 Å². The average molecular weight is 358 g/mol. The first-order chi connectivity index (χ1) is 13.1. The molecule has 0 saturated carbocycles. The molecule has 0 aliphatic heterocycles. The minimum Gasteiger partial charge on any atom is -0.345 e. The predicted molar refractivity (Wildman–Crippen MR) is 102 cm³/mol. The second-order valence-corrected chi connectivity index (χ2v) is 6.35. The summed E-state index contributed by atoms with van der Waals surface area (Å²) in [4.78, 5) is 21.7. The first-order valence-electron chi connectivity index (χ1n) is 8.66. The van der Waals surface area contributed by atoms with Crippen LogP contribution in [0.25, 0.3) is 22.4 Å². The van der Waals surface area contributed by atoms with Crippen LogP contribution >= 0.6 is 0 Å². The second kappa shape index (κ2) is 6.99. The SMILES string of the molecule is Cc1noc2nc(-c3ccccc3)cc(C(=O)NC(C)c3cccnc3)c12. The highest BCUT2D eigenvalue weighted by atomic mass is 16.5. The van der Waals surface area contributed by atoms with Crippen LogP contribution in [0.15, 0.2) is 65.4 Å². The largest absolute Gasteiger partial charge is 0.345 e. The van der Waals surface area contributed by atoms with Gasteiger partial charge in [-0.15, -0.1) is 0 Å². The van der Waals surface area contributed by atoms with Crippen molar-refractivity contribution in [2.75, 3.05) is 0 Å². The van der Waals surface area contributed by atoms with Gasteiger partial charge < -0.3 is 9.84 Å². The Kier molecular flexibility index (Phi) is 4.38. The predicted octanol–water partition coefficient (Wildman–Crippen LogP) is 4.08. The van der Waals surface area contributed by atoms with Gasteiger partial charge in [-0.3, -0.25) is 9.78 Å².